The Labute approximate surface area is 167 Å². The Morgan fingerprint density at radius 2 is 2.04 bits per heavy atom. The van der Waals surface area contributed by atoms with Crippen molar-refractivity contribution in [1.29, 1.82) is 0 Å². The van der Waals surface area contributed by atoms with Gasteiger partial charge in [-0.1, -0.05) is 18.2 Å². The molecule has 6 heteroatoms. The lowest BCUT2D eigenvalue weighted by Gasteiger charge is -2.42. The molecule has 1 aliphatic carbocycles. The predicted molar refractivity (Wildman–Crippen MR) is 109 cm³/mol. The Morgan fingerprint density at radius 1 is 1.36 bits per heavy atom. The molecule has 1 aromatic carbocycles. The van der Waals surface area contributed by atoms with Gasteiger partial charge in [-0.3, -0.25) is 4.48 Å². The van der Waals surface area contributed by atoms with E-state index in [1.807, 2.05) is 20.0 Å². The molecule has 0 bridgehead atoms. The topological polar surface area (TPSA) is 21.3 Å². The van der Waals surface area contributed by atoms with Gasteiger partial charge in [-0.05, 0) is 64.6 Å². The number of nitrogens with zero attached hydrogens (tertiary/aromatic N) is 1. The number of nitrogens with one attached hydrogen (secondary N) is 1. The van der Waals surface area contributed by atoms with Crippen LogP contribution in [0.2, 0.25) is 0 Å². The van der Waals surface area contributed by atoms with Gasteiger partial charge in [0, 0.05) is 18.5 Å². The maximum atomic E-state index is 12.7. The van der Waals surface area contributed by atoms with Crippen molar-refractivity contribution in [3.8, 4) is 5.75 Å². The highest BCUT2D eigenvalue weighted by atomic mass is 19.4. The van der Waals surface area contributed by atoms with Gasteiger partial charge in [0.2, 0.25) is 0 Å². The van der Waals surface area contributed by atoms with Gasteiger partial charge >= 0.3 is 6.36 Å². The fourth-order valence-electron chi connectivity index (χ4n) is 3.99. The standard InChI is InChI=1S/C22H34F3N2O/c1-16(2)11-12-27(5,17(3)9-10-18-13-19(14-18)26-4)20-7-6-8-21(15-20)28-22(23,24)25/h6-8,15,17-19,26H,1,9-14H2,2-5H3/q+1. The Morgan fingerprint density at radius 3 is 2.61 bits per heavy atom. The van der Waals surface area contributed by atoms with Crippen LogP contribution in [0.4, 0.5) is 18.9 Å². The molecule has 0 radical (unpaired) electrons. The van der Waals surface area contributed by atoms with E-state index in [-0.39, 0.29) is 11.8 Å². The van der Waals surface area contributed by atoms with Gasteiger partial charge in [0.15, 0.2) is 0 Å². The zero-order valence-corrected chi connectivity index (χ0v) is 17.5. The normalized spacial score (nSPS) is 22.8. The Kier molecular flexibility index (Phi) is 7.57. The highest BCUT2D eigenvalue weighted by Crippen LogP contribution is 2.36. The van der Waals surface area contributed by atoms with Crippen LogP contribution in [0.3, 0.4) is 0 Å². The van der Waals surface area contributed by atoms with Gasteiger partial charge in [0.1, 0.15) is 11.4 Å². The second kappa shape index (κ2) is 9.31. The summed E-state index contributed by atoms with van der Waals surface area (Å²) < 4.78 is 42.7. The molecule has 158 valence electrons. The summed E-state index contributed by atoms with van der Waals surface area (Å²) in [7, 11) is 4.11. The van der Waals surface area contributed by atoms with E-state index in [2.05, 4.69) is 30.6 Å². The molecule has 1 N–H and O–H groups in total. The van der Waals surface area contributed by atoms with Crippen LogP contribution < -0.4 is 14.5 Å². The van der Waals surface area contributed by atoms with E-state index in [4.69, 9.17) is 0 Å². The second-order valence-corrected chi connectivity index (χ2v) is 8.49. The van der Waals surface area contributed by atoms with Crippen LogP contribution in [-0.4, -0.2) is 39.1 Å². The van der Waals surface area contributed by atoms with Crippen molar-refractivity contribution in [2.75, 3.05) is 20.6 Å². The molecular weight excluding hydrogens is 365 g/mol. The van der Waals surface area contributed by atoms with Gasteiger partial charge in [-0.25, -0.2) is 0 Å². The molecule has 1 saturated carbocycles. The van der Waals surface area contributed by atoms with Crippen molar-refractivity contribution >= 4 is 5.69 Å². The molecule has 0 spiro atoms. The molecule has 1 aromatic rings. The van der Waals surface area contributed by atoms with Gasteiger partial charge in [0.25, 0.3) is 0 Å². The maximum absolute atomic E-state index is 12.7. The first-order valence-corrected chi connectivity index (χ1v) is 10.1. The maximum Gasteiger partial charge on any atom is 0.573 e. The molecule has 1 aliphatic rings. The van der Waals surface area contributed by atoms with Crippen LogP contribution in [0.15, 0.2) is 36.4 Å². The molecule has 0 saturated heterocycles. The number of hydrogen-bond donors (Lipinski definition) is 1. The molecule has 0 aromatic heterocycles. The van der Waals surface area contributed by atoms with Crippen molar-refractivity contribution in [3.63, 3.8) is 0 Å². The van der Waals surface area contributed by atoms with Crippen LogP contribution in [0.1, 0.15) is 46.0 Å². The molecule has 3 nitrogen and oxygen atoms in total. The average molecular weight is 400 g/mol. The lowest BCUT2D eigenvalue weighted by Crippen LogP contribution is -2.53. The number of quaternary nitrogens is 1. The van der Waals surface area contributed by atoms with E-state index < -0.39 is 6.36 Å². The molecule has 0 heterocycles. The molecule has 28 heavy (non-hydrogen) atoms. The molecule has 2 unspecified atom stereocenters. The van der Waals surface area contributed by atoms with E-state index in [0.29, 0.717) is 10.5 Å². The van der Waals surface area contributed by atoms with Crippen molar-refractivity contribution in [2.24, 2.45) is 5.92 Å². The fraction of sp³-hybridized carbons (Fsp3) is 0.636. The van der Waals surface area contributed by atoms with Crippen LogP contribution in [0, 0.1) is 5.92 Å². The molecule has 1 fully saturated rings. The Balaban J connectivity index is 2.14. The van der Waals surface area contributed by atoms with E-state index in [9.17, 15) is 13.2 Å². The van der Waals surface area contributed by atoms with Gasteiger partial charge in [-0.15, -0.1) is 13.2 Å². The highest BCUT2D eigenvalue weighted by molar-refractivity contribution is 5.48. The average Bonchev–Trinajstić information content (AvgIpc) is 2.57. The van der Waals surface area contributed by atoms with Gasteiger partial charge < -0.3 is 10.1 Å². The summed E-state index contributed by atoms with van der Waals surface area (Å²) in [6.45, 7) is 8.99. The smallest absolute Gasteiger partial charge is 0.406 e. The van der Waals surface area contributed by atoms with Crippen molar-refractivity contribution in [1.82, 2.24) is 9.80 Å². The minimum Gasteiger partial charge on any atom is -0.406 e. The lowest BCUT2D eigenvalue weighted by atomic mass is 9.77. The first-order chi connectivity index (χ1) is 13.0. The summed E-state index contributed by atoms with van der Waals surface area (Å²) in [5, 5.41) is 3.31. The van der Waals surface area contributed by atoms with E-state index >= 15 is 0 Å². The predicted octanol–water partition coefficient (Wildman–Crippen LogP) is 5.66. The third-order valence-electron chi connectivity index (χ3n) is 6.25. The number of alkyl halides is 3. The minimum absolute atomic E-state index is 0.160. The van der Waals surface area contributed by atoms with Crippen LogP contribution in [0.25, 0.3) is 0 Å². The number of benzene rings is 1. The van der Waals surface area contributed by atoms with E-state index in [0.717, 1.165) is 43.0 Å². The first-order valence-electron chi connectivity index (χ1n) is 10.1. The fourth-order valence-corrected chi connectivity index (χ4v) is 3.99. The number of hydrogen-bond acceptors (Lipinski definition) is 2. The van der Waals surface area contributed by atoms with Crippen LogP contribution in [0.5, 0.6) is 5.75 Å². The Hall–Kier alpha value is -1.53. The van der Waals surface area contributed by atoms with E-state index in [1.54, 1.807) is 6.07 Å². The molecule has 0 aliphatic heterocycles. The summed E-state index contributed by atoms with van der Waals surface area (Å²) in [5.74, 6) is 0.585. The quantitative estimate of drug-likeness (QED) is 0.405. The minimum atomic E-state index is -4.68. The largest absolute Gasteiger partial charge is 0.573 e. The summed E-state index contributed by atoms with van der Waals surface area (Å²) in [6, 6.07) is 7.36. The van der Waals surface area contributed by atoms with E-state index in [1.165, 1.54) is 25.0 Å². The van der Waals surface area contributed by atoms with Crippen molar-refractivity contribution in [3.05, 3.63) is 36.4 Å². The zero-order chi connectivity index (χ0) is 20.9. The molecule has 2 rings (SSSR count). The summed E-state index contributed by atoms with van der Waals surface area (Å²) in [6.07, 6.45) is 0.772. The molecular formula is C22H34F3N2O+. The number of halogens is 3. The Bertz CT molecular complexity index is 655. The van der Waals surface area contributed by atoms with Crippen molar-refractivity contribution < 1.29 is 17.9 Å². The monoisotopic (exact) mass is 399 g/mol. The molecule has 2 atom stereocenters. The van der Waals surface area contributed by atoms with Crippen LogP contribution >= 0.6 is 0 Å². The number of ether oxygens (including phenoxy) is 1. The van der Waals surface area contributed by atoms with Crippen molar-refractivity contribution in [2.45, 2.75) is 64.4 Å². The summed E-state index contributed by atoms with van der Waals surface area (Å²) in [4.78, 5) is 0. The third kappa shape index (κ3) is 6.24. The lowest BCUT2D eigenvalue weighted by molar-refractivity contribution is -0.274. The third-order valence-corrected chi connectivity index (χ3v) is 6.25. The molecule has 0 amide bonds. The highest BCUT2D eigenvalue weighted by Gasteiger charge is 2.36. The van der Waals surface area contributed by atoms with Crippen LogP contribution in [-0.2, 0) is 0 Å². The second-order valence-electron chi connectivity index (χ2n) is 8.49. The summed E-state index contributed by atoms with van der Waals surface area (Å²) in [5.41, 5.74) is 1.92. The summed E-state index contributed by atoms with van der Waals surface area (Å²) >= 11 is 0. The SMILES string of the molecule is C=C(C)CC[N+](C)(c1cccc(OC(F)(F)F)c1)C(C)CCC1CC(NC)C1. The van der Waals surface area contributed by atoms with Gasteiger partial charge in [-0.2, -0.15) is 0 Å². The zero-order valence-electron chi connectivity index (χ0n) is 17.5. The van der Waals surface area contributed by atoms with Gasteiger partial charge in [0.05, 0.1) is 19.6 Å². The number of rotatable bonds is 10. The first kappa shape index (κ1) is 22.8.